The van der Waals surface area contributed by atoms with Gasteiger partial charge in [0.2, 0.25) is 0 Å². The molecule has 4 unspecified atom stereocenters. The number of carbonyl (C=O) groups is 1. The number of halogens is 4. The van der Waals surface area contributed by atoms with Gasteiger partial charge in [0.1, 0.15) is 0 Å². The second-order valence-electron chi connectivity index (χ2n) is 9.53. The lowest BCUT2D eigenvalue weighted by Gasteiger charge is -2.43. The summed E-state index contributed by atoms with van der Waals surface area (Å²) in [7, 11) is 0. The highest BCUT2D eigenvalue weighted by atomic mass is 35.5. The van der Waals surface area contributed by atoms with Crippen LogP contribution >= 0.6 is 11.6 Å². The van der Waals surface area contributed by atoms with Gasteiger partial charge < -0.3 is 19.9 Å². The van der Waals surface area contributed by atoms with Crippen LogP contribution in [0.25, 0.3) is 0 Å². The third-order valence-corrected chi connectivity index (χ3v) is 6.59. The standard InChI is InChI=1S/C21H31ClF3N3O2.C4H8O2/c1-3-16-8-19(9-17(4-2)26-16)28(20-27-18(11-29)12-30-20)10-13-5-14(21(23,24)25)7-15(22)6-13;1-4(2)6-3-5/h5-7,16-20,26-27,29H,3-4,8-12H2,1-2H3;3-4H,1-2H3. The zero-order valence-corrected chi connectivity index (χ0v) is 22.1. The number of hydrogen-bond acceptors (Lipinski definition) is 7. The molecular weight excluding hydrogens is 499 g/mol. The fraction of sp³-hybridized carbons (Fsp3) is 0.720. The molecule has 0 bridgehead atoms. The SMILES string of the molecule is CC(C)OC=O.CCC1CC(N(Cc2cc(Cl)cc(C(F)(F)F)c2)C2NC(CO)CO2)CC(CC)N1. The first-order valence-corrected chi connectivity index (χ1v) is 12.8. The Kier molecular flexibility index (Phi) is 12.4. The van der Waals surface area contributed by atoms with Crippen LogP contribution < -0.4 is 10.6 Å². The van der Waals surface area contributed by atoms with Crippen molar-refractivity contribution >= 4 is 18.1 Å². The van der Waals surface area contributed by atoms with Crippen molar-refractivity contribution in [2.45, 2.75) is 103 Å². The zero-order chi connectivity index (χ0) is 26.9. The van der Waals surface area contributed by atoms with Gasteiger partial charge in [-0.2, -0.15) is 13.2 Å². The Balaban J connectivity index is 0.000000678. The molecule has 0 radical (unpaired) electrons. The fourth-order valence-corrected chi connectivity index (χ4v) is 4.75. The Bertz CT molecular complexity index is 803. The van der Waals surface area contributed by atoms with E-state index in [2.05, 4.69) is 34.1 Å². The summed E-state index contributed by atoms with van der Waals surface area (Å²) in [6.45, 7) is 8.90. The van der Waals surface area contributed by atoms with E-state index in [4.69, 9.17) is 16.3 Å². The number of ether oxygens (including phenoxy) is 2. The zero-order valence-electron chi connectivity index (χ0n) is 21.4. The fourth-order valence-electron chi connectivity index (χ4n) is 4.50. The first kappa shape index (κ1) is 30.8. The highest BCUT2D eigenvalue weighted by Crippen LogP contribution is 2.33. The molecule has 2 heterocycles. The summed E-state index contributed by atoms with van der Waals surface area (Å²) in [5, 5.41) is 16.5. The van der Waals surface area contributed by atoms with Gasteiger partial charge in [0.25, 0.3) is 6.47 Å². The van der Waals surface area contributed by atoms with E-state index in [-0.39, 0.29) is 36.4 Å². The minimum Gasteiger partial charge on any atom is -0.465 e. The van der Waals surface area contributed by atoms with Crippen LogP contribution in [0.5, 0.6) is 0 Å². The summed E-state index contributed by atoms with van der Waals surface area (Å²) in [6, 6.07) is 4.32. The van der Waals surface area contributed by atoms with E-state index in [9.17, 15) is 23.1 Å². The molecule has 0 saturated carbocycles. The molecule has 1 aromatic rings. The van der Waals surface area contributed by atoms with Crippen LogP contribution in [-0.2, 0) is 27.0 Å². The second kappa shape index (κ2) is 14.5. The molecule has 0 spiro atoms. The van der Waals surface area contributed by atoms with Crippen LogP contribution in [0.1, 0.15) is 64.5 Å². The Morgan fingerprint density at radius 1 is 1.17 bits per heavy atom. The number of nitrogens with one attached hydrogen (secondary N) is 2. The first-order chi connectivity index (χ1) is 17.0. The third kappa shape index (κ3) is 9.46. The molecule has 2 aliphatic heterocycles. The minimum atomic E-state index is -4.45. The van der Waals surface area contributed by atoms with Gasteiger partial charge in [-0.25, -0.2) is 0 Å². The van der Waals surface area contributed by atoms with E-state index < -0.39 is 18.1 Å². The number of aliphatic hydroxyl groups excluding tert-OH is 1. The van der Waals surface area contributed by atoms with E-state index in [1.807, 2.05) is 0 Å². The highest BCUT2D eigenvalue weighted by Gasteiger charge is 2.38. The average Bonchev–Trinajstić information content (AvgIpc) is 3.30. The van der Waals surface area contributed by atoms with Gasteiger partial charge in [-0.1, -0.05) is 25.4 Å². The molecule has 2 aliphatic rings. The molecule has 7 nitrogen and oxygen atoms in total. The van der Waals surface area contributed by atoms with E-state index >= 15 is 0 Å². The molecule has 3 rings (SSSR count). The minimum absolute atomic E-state index is 0.0301. The number of carbonyl (C=O) groups excluding carboxylic acids is 1. The molecule has 11 heteroatoms. The van der Waals surface area contributed by atoms with Crippen LogP contribution in [-0.4, -0.2) is 66.3 Å². The smallest absolute Gasteiger partial charge is 0.416 e. The number of benzene rings is 1. The maximum Gasteiger partial charge on any atom is 0.416 e. The third-order valence-electron chi connectivity index (χ3n) is 6.37. The number of hydrogen-bond donors (Lipinski definition) is 3. The molecule has 4 atom stereocenters. The van der Waals surface area contributed by atoms with Crippen molar-refractivity contribution in [1.29, 1.82) is 0 Å². The summed E-state index contributed by atoms with van der Waals surface area (Å²) < 4.78 is 50.1. The van der Waals surface area contributed by atoms with Gasteiger partial charge in [0, 0.05) is 29.7 Å². The molecule has 0 aliphatic carbocycles. The van der Waals surface area contributed by atoms with Gasteiger partial charge in [0.15, 0.2) is 6.35 Å². The van der Waals surface area contributed by atoms with Crippen LogP contribution in [0.3, 0.4) is 0 Å². The van der Waals surface area contributed by atoms with Crippen molar-refractivity contribution < 1.29 is 32.5 Å². The first-order valence-electron chi connectivity index (χ1n) is 12.5. The lowest BCUT2D eigenvalue weighted by Crippen LogP contribution is -2.57. The molecule has 2 fully saturated rings. The van der Waals surface area contributed by atoms with Crippen molar-refractivity contribution in [1.82, 2.24) is 15.5 Å². The number of piperidine rings is 1. The average molecular weight is 538 g/mol. The summed E-state index contributed by atoms with van der Waals surface area (Å²) in [5.41, 5.74) is -0.256. The van der Waals surface area contributed by atoms with Crippen LogP contribution in [0.15, 0.2) is 18.2 Å². The van der Waals surface area contributed by atoms with Crippen molar-refractivity contribution in [2.24, 2.45) is 0 Å². The van der Waals surface area contributed by atoms with Gasteiger partial charge in [-0.15, -0.1) is 0 Å². The predicted octanol–water partition coefficient (Wildman–Crippen LogP) is 4.30. The molecule has 1 aromatic carbocycles. The largest absolute Gasteiger partial charge is 0.465 e. The van der Waals surface area contributed by atoms with Crippen molar-refractivity contribution in [3.8, 4) is 0 Å². The highest BCUT2D eigenvalue weighted by molar-refractivity contribution is 6.30. The number of alkyl halides is 3. The summed E-state index contributed by atoms with van der Waals surface area (Å²) in [4.78, 5) is 11.5. The summed E-state index contributed by atoms with van der Waals surface area (Å²) in [5.74, 6) is 0. The van der Waals surface area contributed by atoms with E-state index in [0.717, 1.165) is 37.8 Å². The maximum absolute atomic E-state index is 13.3. The van der Waals surface area contributed by atoms with Crippen molar-refractivity contribution in [2.75, 3.05) is 13.2 Å². The Hall–Kier alpha value is -1.43. The molecule has 0 amide bonds. The van der Waals surface area contributed by atoms with E-state index in [1.165, 1.54) is 0 Å². The Labute approximate surface area is 216 Å². The molecule has 36 heavy (non-hydrogen) atoms. The van der Waals surface area contributed by atoms with Crippen LogP contribution in [0.4, 0.5) is 13.2 Å². The van der Waals surface area contributed by atoms with Crippen molar-refractivity contribution in [3.05, 3.63) is 34.3 Å². The predicted molar refractivity (Wildman–Crippen MR) is 132 cm³/mol. The van der Waals surface area contributed by atoms with Gasteiger partial charge >= 0.3 is 6.18 Å². The van der Waals surface area contributed by atoms with Crippen LogP contribution in [0.2, 0.25) is 5.02 Å². The second-order valence-corrected chi connectivity index (χ2v) is 9.97. The number of rotatable bonds is 9. The van der Waals surface area contributed by atoms with Crippen LogP contribution in [0, 0.1) is 0 Å². The Morgan fingerprint density at radius 2 is 1.81 bits per heavy atom. The lowest BCUT2D eigenvalue weighted by molar-refractivity contribution is -0.137. The topological polar surface area (TPSA) is 83.1 Å². The normalized spacial score (nSPS) is 26.6. The van der Waals surface area contributed by atoms with Crippen molar-refractivity contribution in [3.63, 3.8) is 0 Å². The Morgan fingerprint density at radius 3 is 2.25 bits per heavy atom. The molecular formula is C25H39ClF3N3O4. The summed E-state index contributed by atoms with van der Waals surface area (Å²) >= 11 is 6.01. The molecule has 3 N–H and O–H groups in total. The molecule has 2 saturated heterocycles. The summed E-state index contributed by atoms with van der Waals surface area (Å²) in [6.07, 6.45) is -1.17. The quantitative estimate of drug-likeness (QED) is 0.405. The van der Waals surface area contributed by atoms with Gasteiger partial charge in [0.05, 0.1) is 30.9 Å². The van der Waals surface area contributed by atoms with E-state index in [1.54, 1.807) is 19.9 Å². The number of aliphatic hydroxyl groups is 1. The van der Waals surface area contributed by atoms with E-state index in [0.29, 0.717) is 30.7 Å². The monoisotopic (exact) mass is 537 g/mol. The molecule has 0 aromatic heterocycles. The van der Waals surface area contributed by atoms with Gasteiger partial charge in [-0.05, 0) is 63.3 Å². The lowest BCUT2D eigenvalue weighted by atomic mass is 9.89. The number of nitrogens with zero attached hydrogens (tertiary/aromatic N) is 1. The molecule has 206 valence electrons. The van der Waals surface area contributed by atoms with Gasteiger partial charge in [-0.3, -0.25) is 15.0 Å². The maximum atomic E-state index is 13.3.